The first-order valence-electron chi connectivity index (χ1n) is 3.68. The number of hydrogen-bond acceptors (Lipinski definition) is 3. The minimum atomic E-state index is -0.367. The number of carbonyl (C=O) groups excluding carboxylic acids is 2. The zero-order chi connectivity index (χ0) is 8.01. The van der Waals surface area contributed by atoms with Crippen molar-refractivity contribution in [3.8, 4) is 0 Å². The zero-order valence-electron chi connectivity index (χ0n) is 5.95. The summed E-state index contributed by atoms with van der Waals surface area (Å²) >= 11 is 0. The molecule has 0 spiro atoms. The molecule has 0 radical (unpaired) electrons. The van der Waals surface area contributed by atoms with Gasteiger partial charge in [0, 0.05) is 0 Å². The number of ether oxygens (including phenoxy) is 1. The van der Waals surface area contributed by atoms with Crippen LogP contribution in [0.3, 0.4) is 0 Å². The fourth-order valence-corrected chi connectivity index (χ4v) is 1.91. The second kappa shape index (κ2) is 1.96. The summed E-state index contributed by atoms with van der Waals surface area (Å²) in [5.74, 6) is -1.11. The van der Waals surface area contributed by atoms with E-state index in [4.69, 9.17) is 10.5 Å². The highest BCUT2D eigenvalue weighted by molar-refractivity contribution is 5.86. The Hall–Kier alpha value is -1.06. The van der Waals surface area contributed by atoms with Crippen molar-refractivity contribution in [2.45, 2.75) is 18.9 Å². The van der Waals surface area contributed by atoms with Crippen molar-refractivity contribution in [3.63, 3.8) is 0 Å². The van der Waals surface area contributed by atoms with Crippen molar-refractivity contribution in [1.82, 2.24) is 0 Å². The average molecular weight is 155 g/mol. The summed E-state index contributed by atoms with van der Waals surface area (Å²) in [5.41, 5.74) is 5.10. The van der Waals surface area contributed by atoms with E-state index in [9.17, 15) is 9.59 Å². The number of fused-ring (bicyclic) bond motifs is 2. The van der Waals surface area contributed by atoms with Gasteiger partial charge in [0.25, 0.3) is 0 Å². The molecule has 0 unspecified atom stereocenters. The molecule has 60 valence electrons. The number of nitrogens with two attached hydrogens (primary N) is 1. The molecule has 1 heterocycles. The molecular formula is C7H9NO3. The Morgan fingerprint density at radius 1 is 1.55 bits per heavy atom. The van der Waals surface area contributed by atoms with Gasteiger partial charge in [-0.3, -0.25) is 9.59 Å². The lowest BCUT2D eigenvalue weighted by molar-refractivity contribution is -0.153. The van der Waals surface area contributed by atoms with Gasteiger partial charge in [0.2, 0.25) is 5.91 Å². The van der Waals surface area contributed by atoms with Crippen molar-refractivity contribution in [2.24, 2.45) is 17.6 Å². The highest BCUT2D eigenvalue weighted by Gasteiger charge is 2.50. The van der Waals surface area contributed by atoms with Crippen LogP contribution in [0, 0.1) is 11.8 Å². The summed E-state index contributed by atoms with van der Waals surface area (Å²) in [6.07, 6.45) is 1.28. The number of carbonyl (C=O) groups is 2. The van der Waals surface area contributed by atoms with Crippen LogP contribution in [0.1, 0.15) is 12.8 Å². The van der Waals surface area contributed by atoms with Crippen molar-refractivity contribution in [2.75, 3.05) is 0 Å². The molecule has 1 saturated heterocycles. The summed E-state index contributed by atoms with van der Waals surface area (Å²) in [6, 6.07) is 0. The maximum absolute atomic E-state index is 10.9. The SMILES string of the molecule is NC(=O)[C@@H]1C[C@@H]2C[C@H]1C(=O)O2. The smallest absolute Gasteiger partial charge is 0.310 e. The number of rotatable bonds is 1. The van der Waals surface area contributed by atoms with Gasteiger partial charge in [0.05, 0.1) is 11.8 Å². The van der Waals surface area contributed by atoms with Crippen molar-refractivity contribution in [3.05, 3.63) is 0 Å². The van der Waals surface area contributed by atoms with Gasteiger partial charge in [-0.1, -0.05) is 0 Å². The van der Waals surface area contributed by atoms with Crippen LogP contribution in [-0.2, 0) is 14.3 Å². The lowest BCUT2D eigenvalue weighted by Crippen LogP contribution is -2.33. The van der Waals surface area contributed by atoms with Crippen LogP contribution in [0.15, 0.2) is 0 Å². The van der Waals surface area contributed by atoms with Gasteiger partial charge in [-0.25, -0.2) is 0 Å². The quantitative estimate of drug-likeness (QED) is 0.515. The average Bonchev–Trinajstić information content (AvgIpc) is 2.43. The lowest BCUT2D eigenvalue weighted by atomic mass is 9.95. The molecular weight excluding hydrogens is 146 g/mol. The van der Waals surface area contributed by atoms with E-state index in [1.165, 1.54) is 0 Å². The van der Waals surface area contributed by atoms with E-state index >= 15 is 0 Å². The van der Waals surface area contributed by atoms with E-state index in [-0.39, 0.29) is 29.8 Å². The fraction of sp³-hybridized carbons (Fsp3) is 0.714. The van der Waals surface area contributed by atoms with E-state index in [0.717, 1.165) is 0 Å². The van der Waals surface area contributed by atoms with Gasteiger partial charge < -0.3 is 10.5 Å². The maximum atomic E-state index is 10.9. The third-order valence-corrected chi connectivity index (χ3v) is 2.47. The highest BCUT2D eigenvalue weighted by atomic mass is 16.6. The second-order valence-electron chi connectivity index (χ2n) is 3.15. The molecule has 2 N–H and O–H groups in total. The van der Waals surface area contributed by atoms with E-state index < -0.39 is 0 Å². The van der Waals surface area contributed by atoms with E-state index in [2.05, 4.69) is 0 Å². The Kier molecular flexibility index (Phi) is 1.19. The highest BCUT2D eigenvalue weighted by Crippen LogP contribution is 2.40. The molecule has 0 aromatic carbocycles. The number of primary amides is 1. The summed E-state index contributed by atoms with van der Waals surface area (Å²) in [7, 11) is 0. The predicted molar refractivity (Wildman–Crippen MR) is 35.3 cm³/mol. The molecule has 2 fully saturated rings. The van der Waals surface area contributed by atoms with Crippen LogP contribution in [0.5, 0.6) is 0 Å². The zero-order valence-corrected chi connectivity index (χ0v) is 5.95. The largest absolute Gasteiger partial charge is 0.462 e. The number of amides is 1. The monoisotopic (exact) mass is 155 g/mol. The summed E-state index contributed by atoms with van der Waals surface area (Å²) in [4.78, 5) is 21.7. The van der Waals surface area contributed by atoms with Crippen LogP contribution in [0.2, 0.25) is 0 Å². The fourth-order valence-electron chi connectivity index (χ4n) is 1.91. The topological polar surface area (TPSA) is 69.4 Å². The molecule has 1 amide bonds. The maximum Gasteiger partial charge on any atom is 0.310 e. The predicted octanol–water partition coefficient (Wildman–Crippen LogP) is -0.577. The molecule has 3 atom stereocenters. The Morgan fingerprint density at radius 2 is 2.27 bits per heavy atom. The number of hydrogen-bond donors (Lipinski definition) is 1. The first-order chi connectivity index (χ1) is 5.18. The molecule has 4 heteroatoms. The lowest BCUT2D eigenvalue weighted by Gasteiger charge is -2.17. The Bertz CT molecular complexity index is 226. The molecule has 1 saturated carbocycles. The molecule has 1 aliphatic carbocycles. The van der Waals surface area contributed by atoms with Crippen LogP contribution in [0.25, 0.3) is 0 Å². The van der Waals surface area contributed by atoms with Crippen LogP contribution in [-0.4, -0.2) is 18.0 Å². The third kappa shape index (κ3) is 0.818. The van der Waals surface area contributed by atoms with E-state index in [1.54, 1.807) is 0 Å². The minimum absolute atomic E-state index is 0.0370. The van der Waals surface area contributed by atoms with Gasteiger partial charge >= 0.3 is 5.97 Å². The van der Waals surface area contributed by atoms with Gasteiger partial charge in [0.1, 0.15) is 6.10 Å². The third-order valence-electron chi connectivity index (χ3n) is 2.47. The molecule has 2 bridgehead atoms. The van der Waals surface area contributed by atoms with Crippen molar-refractivity contribution >= 4 is 11.9 Å². The molecule has 4 nitrogen and oxygen atoms in total. The normalized spacial score (nSPS) is 40.7. The van der Waals surface area contributed by atoms with Crippen molar-refractivity contribution in [1.29, 1.82) is 0 Å². The van der Waals surface area contributed by atoms with Gasteiger partial charge in [-0.05, 0) is 12.8 Å². The van der Waals surface area contributed by atoms with Crippen LogP contribution >= 0.6 is 0 Å². The number of esters is 1. The van der Waals surface area contributed by atoms with E-state index in [1.807, 2.05) is 0 Å². The minimum Gasteiger partial charge on any atom is -0.462 e. The summed E-state index contributed by atoms with van der Waals surface area (Å²) in [6.45, 7) is 0. The Balaban J connectivity index is 2.18. The second-order valence-corrected chi connectivity index (χ2v) is 3.15. The summed E-state index contributed by atoms with van der Waals surface area (Å²) < 4.78 is 4.89. The summed E-state index contributed by atoms with van der Waals surface area (Å²) in [5, 5.41) is 0. The Labute approximate surface area is 63.7 Å². The molecule has 0 aromatic rings. The van der Waals surface area contributed by atoms with Crippen LogP contribution in [0.4, 0.5) is 0 Å². The van der Waals surface area contributed by atoms with Gasteiger partial charge in [-0.2, -0.15) is 0 Å². The van der Waals surface area contributed by atoms with Gasteiger partial charge in [-0.15, -0.1) is 0 Å². The standard InChI is InChI=1S/C7H9NO3/c8-6(9)4-1-3-2-5(4)7(10)11-3/h3-5H,1-2H2,(H2,8,9)/t3-,4-,5-/m1/s1. The molecule has 0 aromatic heterocycles. The first kappa shape index (κ1) is 6.64. The van der Waals surface area contributed by atoms with E-state index in [0.29, 0.717) is 12.8 Å². The molecule has 1 aliphatic heterocycles. The molecule has 2 aliphatic rings. The van der Waals surface area contributed by atoms with Crippen LogP contribution < -0.4 is 5.73 Å². The molecule has 11 heavy (non-hydrogen) atoms. The Morgan fingerprint density at radius 3 is 2.64 bits per heavy atom. The first-order valence-corrected chi connectivity index (χ1v) is 3.68. The molecule has 2 rings (SSSR count). The van der Waals surface area contributed by atoms with Gasteiger partial charge in [0.15, 0.2) is 0 Å². The van der Waals surface area contributed by atoms with Crippen molar-refractivity contribution < 1.29 is 14.3 Å².